The fourth-order valence-corrected chi connectivity index (χ4v) is 8.43. The van der Waals surface area contributed by atoms with Crippen molar-refractivity contribution in [2.75, 3.05) is 0 Å². The van der Waals surface area contributed by atoms with Crippen LogP contribution in [0, 0.1) is 0 Å². The molecule has 0 saturated carbocycles. The van der Waals surface area contributed by atoms with Crippen LogP contribution in [0.5, 0.6) is 0 Å². The molecule has 0 aliphatic heterocycles. The van der Waals surface area contributed by atoms with E-state index in [0.29, 0.717) is 60.8 Å². The van der Waals surface area contributed by atoms with Gasteiger partial charge in [0.05, 0.1) is 23.5 Å². The maximum absolute atomic E-state index is 14.3. The third-order valence-electron chi connectivity index (χ3n) is 9.55. The second-order valence-corrected chi connectivity index (χ2v) is 13.8. The van der Waals surface area contributed by atoms with Gasteiger partial charge in [0.25, 0.3) is 0 Å². The van der Waals surface area contributed by atoms with E-state index in [1.165, 1.54) is 23.5 Å². The first-order valence-corrected chi connectivity index (χ1v) is 17.8. The maximum Gasteiger partial charge on any atom is 0.416 e. The number of hydrogen-bond acceptors (Lipinski definition) is 4. The number of alkyl halides is 3. The summed E-state index contributed by atoms with van der Waals surface area (Å²) >= 11 is 1.37. The molecule has 258 valence electrons. The number of thiophene rings is 1. The van der Waals surface area contributed by atoms with E-state index in [1.54, 1.807) is 12.1 Å². The van der Waals surface area contributed by atoms with Crippen molar-refractivity contribution in [1.29, 1.82) is 0 Å². The topological polar surface area (TPSA) is 43.6 Å². The van der Waals surface area contributed by atoms with Gasteiger partial charge in [0.1, 0.15) is 0 Å². The fourth-order valence-electron chi connectivity index (χ4n) is 7.12. The van der Waals surface area contributed by atoms with E-state index in [2.05, 4.69) is 0 Å². The second kappa shape index (κ2) is 12.5. The van der Waals surface area contributed by atoms with E-state index in [4.69, 9.17) is 21.8 Å². The molecule has 0 atom stereocenters. The monoisotopic (exact) mass is 729 g/mol. The predicted molar refractivity (Wildman–Crippen MR) is 214 cm³/mol. The van der Waals surface area contributed by atoms with Gasteiger partial charge in [-0.05, 0) is 41.5 Å². The zero-order valence-electron chi connectivity index (χ0n) is 33.0. The summed E-state index contributed by atoms with van der Waals surface area (Å²) < 4.78 is 88.8. The lowest BCUT2D eigenvalue weighted by atomic mass is 10.0. The lowest BCUT2D eigenvalue weighted by molar-refractivity contribution is -0.137. The van der Waals surface area contributed by atoms with Gasteiger partial charge in [-0.15, -0.1) is 11.3 Å². The number of aromatic nitrogens is 4. The highest BCUT2D eigenvalue weighted by Crippen LogP contribution is 2.46. The summed E-state index contributed by atoms with van der Waals surface area (Å²) in [5, 5.41) is 2.85. The Labute approximate surface area is 318 Å². The fraction of sp³-hybridized carbons (Fsp3) is 0.0217. The Morgan fingerprint density at radius 2 is 1.11 bits per heavy atom. The first-order valence-electron chi connectivity index (χ1n) is 19.5. The summed E-state index contributed by atoms with van der Waals surface area (Å²) in [6.07, 6.45) is -4.58. The molecule has 0 unspecified atom stereocenters. The van der Waals surface area contributed by atoms with Crippen molar-refractivity contribution in [2.24, 2.45) is 0 Å². The normalized spacial score (nSPS) is 13.3. The Morgan fingerprint density at radius 1 is 0.500 bits per heavy atom. The summed E-state index contributed by atoms with van der Waals surface area (Å²) in [6, 6.07) is 37.4. The number of rotatable bonds is 5. The van der Waals surface area contributed by atoms with Crippen LogP contribution in [0.3, 0.4) is 0 Å². The van der Waals surface area contributed by atoms with Gasteiger partial charge in [-0.3, -0.25) is 0 Å². The molecular weight excluding hydrogens is 698 g/mol. The first kappa shape index (κ1) is 27.0. The van der Waals surface area contributed by atoms with Gasteiger partial charge < -0.3 is 4.57 Å². The van der Waals surface area contributed by atoms with Crippen LogP contribution in [0.4, 0.5) is 13.2 Å². The molecule has 3 heterocycles. The van der Waals surface area contributed by atoms with E-state index in [9.17, 15) is 13.2 Å². The maximum atomic E-state index is 14.3. The Morgan fingerprint density at radius 3 is 1.81 bits per heavy atom. The zero-order chi connectivity index (χ0) is 40.7. The number of fused-ring (bicyclic) bond motifs is 6. The number of benzene rings is 7. The summed E-state index contributed by atoms with van der Waals surface area (Å²) in [4.78, 5) is 15.0. The molecular formula is C46H27F3N4S. The highest BCUT2D eigenvalue weighted by Gasteiger charge is 2.31. The third-order valence-corrected chi connectivity index (χ3v) is 10.8. The predicted octanol–water partition coefficient (Wildman–Crippen LogP) is 13.0. The van der Waals surface area contributed by atoms with Crippen LogP contribution in [0.2, 0.25) is 0 Å². The van der Waals surface area contributed by atoms with Crippen molar-refractivity contribution >= 4 is 53.3 Å². The molecule has 10 aromatic rings. The van der Waals surface area contributed by atoms with E-state index >= 15 is 0 Å². The van der Waals surface area contributed by atoms with Crippen molar-refractivity contribution in [3.63, 3.8) is 0 Å². The Kier molecular flexibility index (Phi) is 6.26. The smallest absolute Gasteiger partial charge is 0.309 e. The second-order valence-electron chi connectivity index (χ2n) is 12.8. The van der Waals surface area contributed by atoms with Crippen molar-refractivity contribution in [1.82, 2.24) is 19.5 Å². The average molecular weight is 730 g/mol. The Hall–Kier alpha value is -6.64. The van der Waals surface area contributed by atoms with Gasteiger partial charge in [0, 0.05) is 53.3 Å². The number of para-hydroxylation sites is 1. The zero-order valence-corrected chi connectivity index (χ0v) is 28.8. The first-order chi connectivity index (χ1) is 28.5. The molecule has 0 aliphatic carbocycles. The highest BCUT2D eigenvalue weighted by molar-refractivity contribution is 7.26. The molecule has 0 radical (unpaired) electrons. The quantitative estimate of drug-likeness (QED) is 0.177. The van der Waals surface area contributed by atoms with Crippen LogP contribution in [-0.2, 0) is 6.18 Å². The number of nitrogens with zero attached hydrogens (tertiary/aromatic N) is 4. The van der Waals surface area contributed by atoms with E-state index < -0.39 is 29.9 Å². The molecule has 0 aliphatic rings. The van der Waals surface area contributed by atoms with Crippen LogP contribution < -0.4 is 0 Å². The number of halogens is 3. The molecule has 54 heavy (non-hydrogen) atoms. The van der Waals surface area contributed by atoms with E-state index in [0.717, 1.165) is 32.7 Å². The number of hydrogen-bond donors (Lipinski definition) is 0. The van der Waals surface area contributed by atoms with Gasteiger partial charge in [0.15, 0.2) is 17.5 Å². The van der Waals surface area contributed by atoms with Crippen LogP contribution in [0.25, 0.3) is 93.0 Å². The Balaban J connectivity index is 1.35. The molecule has 4 nitrogen and oxygen atoms in total. The van der Waals surface area contributed by atoms with Gasteiger partial charge >= 0.3 is 6.18 Å². The molecule has 3 aromatic heterocycles. The van der Waals surface area contributed by atoms with Crippen LogP contribution in [0.1, 0.15) is 12.4 Å². The molecule has 0 N–H and O–H groups in total. The third kappa shape index (κ3) is 5.33. The summed E-state index contributed by atoms with van der Waals surface area (Å²) in [5.41, 5.74) is 3.41. The molecule has 10 rings (SSSR count). The van der Waals surface area contributed by atoms with Gasteiger partial charge in [0.2, 0.25) is 0 Å². The Bertz CT molecular complexity index is 3250. The average Bonchev–Trinajstić information content (AvgIpc) is 3.81. The highest BCUT2D eigenvalue weighted by atomic mass is 32.1. The van der Waals surface area contributed by atoms with Gasteiger partial charge in [-0.1, -0.05) is 133 Å². The van der Waals surface area contributed by atoms with Gasteiger partial charge in [-0.2, -0.15) is 13.2 Å². The van der Waals surface area contributed by atoms with Crippen LogP contribution in [-0.4, -0.2) is 19.5 Å². The minimum absolute atomic E-state index is 0.0647. The van der Waals surface area contributed by atoms with Gasteiger partial charge in [-0.25, -0.2) is 15.0 Å². The summed E-state index contributed by atoms with van der Waals surface area (Å²) in [5.74, 6) is 1.15. The van der Waals surface area contributed by atoms with Crippen molar-refractivity contribution in [2.45, 2.75) is 6.18 Å². The lowest BCUT2D eigenvalue weighted by Crippen LogP contribution is -2.05. The summed E-state index contributed by atoms with van der Waals surface area (Å²) in [6.45, 7) is 0. The lowest BCUT2D eigenvalue weighted by Gasteiger charge is -2.14. The standard InChI is InChI=1S/C46H27F3N4S/c47-46(48,49)31-23-24-35-34-19-10-11-22-39(34)53(40(35)25-31)32-26-37-36-21-12-20-33(28-13-4-1-5-14-28)41(36)54-42(37)38(27-32)45-51-43(29-15-6-2-7-16-29)50-44(52-45)30-17-8-3-9-18-30/h1-27H/i1D,4D,5D,13D,14D. The van der Waals surface area contributed by atoms with E-state index in [1.807, 2.05) is 108 Å². The summed E-state index contributed by atoms with van der Waals surface area (Å²) in [7, 11) is 0. The SMILES string of the molecule is [2H]c1c([2H])c([2H])c(-c2cccc3c2sc2c(-c4nc(-c5ccccc5)nc(-c5ccccc5)n4)cc(-n4c5ccccc5c5ccc(C(F)(F)F)cc54)cc23)c([2H])c1[2H]. The van der Waals surface area contributed by atoms with Crippen LogP contribution >= 0.6 is 11.3 Å². The molecule has 7 aromatic carbocycles. The minimum Gasteiger partial charge on any atom is -0.309 e. The van der Waals surface area contributed by atoms with Crippen molar-refractivity contribution in [3.8, 4) is 51.0 Å². The minimum atomic E-state index is -4.58. The molecule has 8 heteroatoms. The van der Waals surface area contributed by atoms with E-state index in [-0.39, 0.29) is 17.6 Å². The molecule has 0 saturated heterocycles. The van der Waals surface area contributed by atoms with Crippen LogP contribution in [0.15, 0.2) is 164 Å². The largest absolute Gasteiger partial charge is 0.416 e. The molecule has 0 fully saturated rings. The van der Waals surface area contributed by atoms with Crippen molar-refractivity contribution < 1.29 is 20.0 Å². The molecule has 0 spiro atoms. The van der Waals surface area contributed by atoms with Crippen molar-refractivity contribution in [3.05, 3.63) is 169 Å². The molecule has 0 bridgehead atoms. The molecule has 0 amide bonds.